The third-order valence-corrected chi connectivity index (χ3v) is 5.09. The predicted molar refractivity (Wildman–Crippen MR) is 93.1 cm³/mol. The summed E-state index contributed by atoms with van der Waals surface area (Å²) in [7, 11) is 0. The molecule has 2 aromatic rings. The van der Waals surface area contributed by atoms with Gasteiger partial charge in [0.1, 0.15) is 11.6 Å². The Morgan fingerprint density at radius 1 is 1.42 bits per heavy atom. The Morgan fingerprint density at radius 3 is 2.88 bits per heavy atom. The lowest BCUT2D eigenvalue weighted by Gasteiger charge is -2.18. The summed E-state index contributed by atoms with van der Waals surface area (Å²) in [6.07, 6.45) is 2.66. The van der Waals surface area contributed by atoms with Crippen molar-refractivity contribution in [1.29, 1.82) is 5.26 Å². The van der Waals surface area contributed by atoms with Crippen molar-refractivity contribution >= 4 is 17.7 Å². The minimum atomic E-state index is -0.477. The zero-order valence-electron chi connectivity index (χ0n) is 13.4. The lowest BCUT2D eigenvalue weighted by atomic mass is 10.0. The number of nitriles is 1. The SMILES string of the molecule is CSc1[nH]c(=O)c(C(=O)N[C@@H]2c3ccccc3C[C@H]2C)cc1C#N. The van der Waals surface area contributed by atoms with Crippen LogP contribution < -0.4 is 10.9 Å². The van der Waals surface area contributed by atoms with Gasteiger partial charge in [0.05, 0.1) is 16.6 Å². The smallest absolute Gasteiger partial charge is 0.261 e. The van der Waals surface area contributed by atoms with Crippen LogP contribution in [0, 0.1) is 17.2 Å². The second kappa shape index (κ2) is 6.54. The molecule has 0 fully saturated rings. The molecule has 3 rings (SSSR count). The number of pyridine rings is 1. The van der Waals surface area contributed by atoms with Crippen LogP contribution in [-0.4, -0.2) is 17.1 Å². The number of fused-ring (bicyclic) bond motifs is 1. The Kier molecular flexibility index (Phi) is 4.45. The predicted octanol–water partition coefficient (Wildman–Crippen LogP) is 2.63. The monoisotopic (exact) mass is 339 g/mol. The minimum Gasteiger partial charge on any atom is -0.345 e. The first-order chi connectivity index (χ1) is 11.5. The fourth-order valence-electron chi connectivity index (χ4n) is 3.16. The van der Waals surface area contributed by atoms with Gasteiger partial charge < -0.3 is 10.3 Å². The molecule has 0 spiro atoms. The molecule has 1 heterocycles. The van der Waals surface area contributed by atoms with Gasteiger partial charge in [-0.1, -0.05) is 31.2 Å². The Labute approximate surface area is 144 Å². The Morgan fingerprint density at radius 2 is 2.17 bits per heavy atom. The van der Waals surface area contributed by atoms with Crippen LogP contribution >= 0.6 is 11.8 Å². The number of aromatic amines is 1. The second-order valence-electron chi connectivity index (χ2n) is 5.90. The molecule has 2 N–H and O–H groups in total. The normalized spacial score (nSPS) is 18.7. The van der Waals surface area contributed by atoms with Crippen LogP contribution in [0.3, 0.4) is 0 Å². The van der Waals surface area contributed by atoms with Gasteiger partial charge in [0.25, 0.3) is 11.5 Å². The van der Waals surface area contributed by atoms with E-state index in [0.717, 1.165) is 12.0 Å². The van der Waals surface area contributed by atoms with Crippen LogP contribution in [0.25, 0.3) is 0 Å². The van der Waals surface area contributed by atoms with Crippen LogP contribution in [0.15, 0.2) is 40.2 Å². The first-order valence-corrected chi connectivity index (χ1v) is 8.87. The van der Waals surface area contributed by atoms with Gasteiger partial charge in [-0.25, -0.2) is 0 Å². The highest BCUT2D eigenvalue weighted by Gasteiger charge is 2.31. The van der Waals surface area contributed by atoms with E-state index in [-0.39, 0.29) is 17.5 Å². The molecule has 0 saturated heterocycles. The molecule has 0 bridgehead atoms. The number of carbonyl (C=O) groups excluding carboxylic acids is 1. The maximum atomic E-state index is 12.6. The highest BCUT2D eigenvalue weighted by molar-refractivity contribution is 7.98. The molecular weight excluding hydrogens is 322 g/mol. The fourth-order valence-corrected chi connectivity index (χ4v) is 3.68. The number of hydrogen-bond donors (Lipinski definition) is 2. The number of nitrogens with one attached hydrogen (secondary N) is 2. The average Bonchev–Trinajstić information content (AvgIpc) is 2.90. The number of benzene rings is 1. The number of amides is 1. The number of aromatic nitrogens is 1. The number of nitrogens with zero attached hydrogens (tertiary/aromatic N) is 1. The summed E-state index contributed by atoms with van der Waals surface area (Å²) >= 11 is 1.27. The number of rotatable bonds is 3. The van der Waals surface area contributed by atoms with Crippen LogP contribution in [0.5, 0.6) is 0 Å². The molecule has 6 heteroatoms. The van der Waals surface area contributed by atoms with E-state index < -0.39 is 11.5 Å². The number of carbonyl (C=O) groups is 1. The molecule has 1 aromatic heterocycles. The summed E-state index contributed by atoms with van der Waals surface area (Å²) in [6, 6.07) is 11.3. The third kappa shape index (κ3) is 2.83. The van der Waals surface area contributed by atoms with E-state index in [1.165, 1.54) is 23.4 Å². The first-order valence-electron chi connectivity index (χ1n) is 7.65. The van der Waals surface area contributed by atoms with Crippen molar-refractivity contribution in [2.24, 2.45) is 5.92 Å². The van der Waals surface area contributed by atoms with E-state index in [4.69, 9.17) is 0 Å². The zero-order chi connectivity index (χ0) is 17.3. The van der Waals surface area contributed by atoms with E-state index in [2.05, 4.69) is 23.3 Å². The molecule has 1 aromatic carbocycles. The van der Waals surface area contributed by atoms with E-state index in [1.807, 2.05) is 24.3 Å². The van der Waals surface area contributed by atoms with Crippen molar-refractivity contribution < 1.29 is 4.79 Å². The van der Waals surface area contributed by atoms with Gasteiger partial charge in [0.15, 0.2) is 0 Å². The zero-order valence-corrected chi connectivity index (χ0v) is 14.2. The van der Waals surface area contributed by atoms with Crippen molar-refractivity contribution in [3.05, 3.63) is 62.9 Å². The van der Waals surface area contributed by atoms with Crippen molar-refractivity contribution in [2.45, 2.75) is 24.4 Å². The summed E-state index contributed by atoms with van der Waals surface area (Å²) in [6.45, 7) is 2.08. The molecular formula is C18H17N3O2S. The second-order valence-corrected chi connectivity index (χ2v) is 6.72. The van der Waals surface area contributed by atoms with Crippen LogP contribution in [-0.2, 0) is 6.42 Å². The van der Waals surface area contributed by atoms with Gasteiger partial charge in [-0.2, -0.15) is 5.26 Å². The summed E-state index contributed by atoms with van der Waals surface area (Å²) in [4.78, 5) is 27.4. The molecule has 2 atom stereocenters. The Balaban J connectivity index is 1.92. The quantitative estimate of drug-likeness (QED) is 0.842. The van der Waals surface area contributed by atoms with Gasteiger partial charge in [-0.15, -0.1) is 11.8 Å². The van der Waals surface area contributed by atoms with Crippen LogP contribution in [0.2, 0.25) is 0 Å². The lowest BCUT2D eigenvalue weighted by Crippen LogP contribution is -2.34. The highest BCUT2D eigenvalue weighted by Crippen LogP contribution is 2.35. The van der Waals surface area contributed by atoms with Crippen molar-refractivity contribution in [3.63, 3.8) is 0 Å². The van der Waals surface area contributed by atoms with Crippen molar-refractivity contribution in [1.82, 2.24) is 10.3 Å². The van der Waals surface area contributed by atoms with E-state index in [9.17, 15) is 14.9 Å². The van der Waals surface area contributed by atoms with E-state index >= 15 is 0 Å². The summed E-state index contributed by atoms with van der Waals surface area (Å²) in [5, 5.41) is 12.6. The van der Waals surface area contributed by atoms with Gasteiger partial charge in [0.2, 0.25) is 0 Å². The number of thioether (sulfide) groups is 1. The topological polar surface area (TPSA) is 85.8 Å². The van der Waals surface area contributed by atoms with Gasteiger partial charge >= 0.3 is 0 Å². The fraction of sp³-hybridized carbons (Fsp3) is 0.278. The standard InChI is InChI=1S/C18H17N3O2S/c1-10-7-11-5-3-4-6-13(11)15(10)20-16(22)14-8-12(9-19)18(24-2)21-17(14)23/h3-6,8,10,15H,7H2,1-2H3,(H,20,22)(H,21,23)/t10-,15+/m1/s1. The molecule has 1 aliphatic carbocycles. The molecule has 5 nitrogen and oxygen atoms in total. The van der Waals surface area contributed by atoms with Crippen LogP contribution in [0.1, 0.15) is 40.0 Å². The van der Waals surface area contributed by atoms with Gasteiger partial charge in [-0.05, 0) is 35.8 Å². The lowest BCUT2D eigenvalue weighted by molar-refractivity contribution is 0.0925. The Hall–Kier alpha value is -2.52. The largest absolute Gasteiger partial charge is 0.345 e. The maximum absolute atomic E-state index is 12.6. The maximum Gasteiger partial charge on any atom is 0.261 e. The van der Waals surface area contributed by atoms with Crippen molar-refractivity contribution in [3.8, 4) is 6.07 Å². The Bertz CT molecular complexity index is 898. The summed E-state index contributed by atoms with van der Waals surface area (Å²) < 4.78 is 0. The summed E-state index contributed by atoms with van der Waals surface area (Å²) in [5.41, 5.74) is 2.11. The van der Waals surface area contributed by atoms with Gasteiger partial charge in [-0.3, -0.25) is 9.59 Å². The van der Waals surface area contributed by atoms with Crippen LogP contribution in [0.4, 0.5) is 0 Å². The molecule has 0 saturated carbocycles. The summed E-state index contributed by atoms with van der Waals surface area (Å²) in [5.74, 6) is -0.194. The molecule has 0 radical (unpaired) electrons. The molecule has 0 aliphatic heterocycles. The van der Waals surface area contributed by atoms with E-state index in [0.29, 0.717) is 10.6 Å². The van der Waals surface area contributed by atoms with Gasteiger partial charge in [0, 0.05) is 0 Å². The molecule has 1 aliphatic rings. The first kappa shape index (κ1) is 16.3. The minimum absolute atomic E-state index is 0.0269. The average molecular weight is 339 g/mol. The number of H-pyrrole nitrogens is 1. The molecule has 1 amide bonds. The molecule has 24 heavy (non-hydrogen) atoms. The third-order valence-electron chi connectivity index (χ3n) is 4.36. The highest BCUT2D eigenvalue weighted by atomic mass is 32.2. The molecule has 122 valence electrons. The van der Waals surface area contributed by atoms with Crippen molar-refractivity contribution in [2.75, 3.05) is 6.26 Å². The number of hydrogen-bond acceptors (Lipinski definition) is 4. The van der Waals surface area contributed by atoms with E-state index in [1.54, 1.807) is 6.26 Å². The molecule has 0 unspecified atom stereocenters.